The average molecular weight is 1250 g/mol. The molecule has 0 saturated heterocycles. The standard InChI is InChI=1S/C68H120N2O6S4Si2/c1-7-13-19-25-31-41-51-71-81(72-52-42-32-26-20-14-8-2,73-53-43-33-27-21-15-9-3)59-61(67-69-63-47-37-39-49-65(63)79-67)57-77-78-58-62(68-70-64-48-38-40-50-66(64)80-68)60-82(74-54-44-34-28-22-16-10-4,75-55-45-35-29-23-17-11-5)76-56-46-36-30-24-18-12-6/h37-40,47-50,61-62H,7-36,41-46,51-60H2,1-6H3. The van der Waals surface area contributed by atoms with Crippen LogP contribution in [0.2, 0.25) is 12.1 Å². The van der Waals surface area contributed by atoms with Crippen LogP contribution in [0, 0.1) is 0 Å². The fourth-order valence-corrected chi connectivity index (χ4v) is 22.2. The first-order valence-corrected chi connectivity index (χ1v) is 42.2. The van der Waals surface area contributed by atoms with Crippen LogP contribution in [0.3, 0.4) is 0 Å². The lowest BCUT2D eigenvalue weighted by Crippen LogP contribution is -2.48. The molecule has 4 rings (SSSR count). The van der Waals surface area contributed by atoms with Gasteiger partial charge in [0.2, 0.25) is 0 Å². The van der Waals surface area contributed by atoms with Gasteiger partial charge in [-0.1, -0.05) is 280 Å². The molecule has 0 aliphatic heterocycles. The zero-order valence-electron chi connectivity index (χ0n) is 53.3. The van der Waals surface area contributed by atoms with Gasteiger partial charge in [-0.2, -0.15) is 0 Å². The normalized spacial score (nSPS) is 13.1. The summed E-state index contributed by atoms with van der Waals surface area (Å²) in [6.45, 7) is 17.9. The molecule has 0 bridgehead atoms. The summed E-state index contributed by atoms with van der Waals surface area (Å²) in [6.07, 6.45) is 44.1. The first kappa shape index (κ1) is 73.6. The largest absolute Gasteiger partial charge is 0.501 e. The van der Waals surface area contributed by atoms with Crippen molar-refractivity contribution in [3.8, 4) is 0 Å². The summed E-state index contributed by atoms with van der Waals surface area (Å²) < 4.78 is 45.9. The molecule has 0 aliphatic rings. The first-order chi connectivity index (χ1) is 40.4. The Labute approximate surface area is 521 Å². The van der Waals surface area contributed by atoms with E-state index in [-0.39, 0.29) is 11.8 Å². The Kier molecular flexibility index (Phi) is 44.0. The van der Waals surface area contributed by atoms with Gasteiger partial charge in [-0.3, -0.25) is 0 Å². The highest BCUT2D eigenvalue weighted by Crippen LogP contribution is 2.43. The summed E-state index contributed by atoms with van der Waals surface area (Å²) >= 11 is 3.70. The van der Waals surface area contributed by atoms with Crippen molar-refractivity contribution < 1.29 is 26.6 Å². The zero-order chi connectivity index (χ0) is 58.3. The lowest BCUT2D eigenvalue weighted by atomic mass is 10.1. The molecule has 14 heteroatoms. The molecule has 82 heavy (non-hydrogen) atoms. The SMILES string of the molecule is CCCCCCCCO[Si](CC(CSSCC(C[Si](OCCCCCCCC)(OCCCCCCCC)OCCCCCCCC)c1nc2ccccc2s1)c1nc2ccccc2s1)(OCCCCCCCC)OCCCCCCCC. The second kappa shape index (κ2) is 49.0. The molecular formula is C68H120N2O6S4Si2. The minimum Gasteiger partial charge on any atom is -0.373 e. The fraction of sp³-hybridized carbons (Fsp3) is 0.794. The van der Waals surface area contributed by atoms with Crippen molar-refractivity contribution in [2.45, 2.75) is 297 Å². The molecule has 2 heterocycles. The summed E-state index contributed by atoms with van der Waals surface area (Å²) in [5.74, 6) is 1.98. The fourth-order valence-electron chi connectivity index (χ4n) is 10.7. The van der Waals surface area contributed by atoms with E-state index in [1.165, 1.54) is 212 Å². The van der Waals surface area contributed by atoms with Crippen LogP contribution in [0.25, 0.3) is 20.4 Å². The van der Waals surface area contributed by atoms with E-state index in [0.717, 1.165) is 73.2 Å². The molecule has 470 valence electrons. The van der Waals surface area contributed by atoms with Gasteiger partial charge in [0.1, 0.15) is 0 Å². The van der Waals surface area contributed by atoms with Crippen LogP contribution in [-0.2, 0) is 26.6 Å². The van der Waals surface area contributed by atoms with Crippen LogP contribution in [0.15, 0.2) is 48.5 Å². The van der Waals surface area contributed by atoms with E-state index >= 15 is 0 Å². The topological polar surface area (TPSA) is 81.2 Å². The molecule has 2 unspecified atom stereocenters. The second-order valence-corrected chi connectivity index (χ2v) is 33.4. The Hall–Kier alpha value is -0.886. The van der Waals surface area contributed by atoms with Gasteiger partial charge < -0.3 is 26.6 Å². The summed E-state index contributed by atoms with van der Waals surface area (Å²) in [4.78, 5) is 10.8. The molecule has 0 amide bonds. The Balaban J connectivity index is 1.67. The molecule has 0 spiro atoms. The second-order valence-electron chi connectivity index (χ2n) is 23.5. The predicted molar refractivity (Wildman–Crippen MR) is 367 cm³/mol. The molecule has 0 aliphatic carbocycles. The van der Waals surface area contributed by atoms with Gasteiger partial charge in [-0.05, 0) is 62.8 Å². The van der Waals surface area contributed by atoms with E-state index in [1.807, 2.05) is 44.3 Å². The molecule has 0 fully saturated rings. The minimum absolute atomic E-state index is 0.108. The lowest BCUT2D eigenvalue weighted by molar-refractivity contribution is 0.0533. The van der Waals surface area contributed by atoms with Crippen LogP contribution < -0.4 is 0 Å². The predicted octanol–water partition coefficient (Wildman–Crippen LogP) is 23.3. The van der Waals surface area contributed by atoms with Crippen molar-refractivity contribution in [3.63, 3.8) is 0 Å². The molecule has 0 N–H and O–H groups in total. The number of para-hydroxylation sites is 2. The van der Waals surface area contributed by atoms with Gasteiger partial charge in [0.15, 0.2) is 0 Å². The molecule has 4 aromatic rings. The van der Waals surface area contributed by atoms with Gasteiger partial charge in [0, 0.05) is 75.1 Å². The molecule has 8 nitrogen and oxygen atoms in total. The third-order valence-corrected chi connectivity index (χ3v) is 26.7. The quantitative estimate of drug-likeness (QED) is 0.0242. The van der Waals surface area contributed by atoms with E-state index in [9.17, 15) is 0 Å². The molecule has 2 atom stereocenters. The number of aromatic nitrogens is 2. The van der Waals surface area contributed by atoms with Crippen LogP contribution in [0.4, 0.5) is 0 Å². The lowest BCUT2D eigenvalue weighted by Gasteiger charge is -2.33. The van der Waals surface area contributed by atoms with Crippen LogP contribution in [0.5, 0.6) is 0 Å². The molecule has 0 radical (unpaired) electrons. The third-order valence-electron chi connectivity index (χ3n) is 15.9. The van der Waals surface area contributed by atoms with Crippen LogP contribution in [0.1, 0.15) is 295 Å². The molecule has 2 aromatic heterocycles. The van der Waals surface area contributed by atoms with E-state index in [2.05, 4.69) is 90.1 Å². The van der Waals surface area contributed by atoms with E-state index in [1.54, 1.807) is 0 Å². The van der Waals surface area contributed by atoms with Crippen molar-refractivity contribution in [2.24, 2.45) is 0 Å². The zero-order valence-corrected chi connectivity index (χ0v) is 58.5. The Morgan fingerprint density at radius 3 is 0.805 bits per heavy atom. The highest BCUT2D eigenvalue weighted by atomic mass is 33.1. The van der Waals surface area contributed by atoms with Gasteiger partial charge in [0.05, 0.1) is 30.4 Å². The molecule has 0 saturated carbocycles. The highest BCUT2D eigenvalue weighted by molar-refractivity contribution is 8.76. The Morgan fingerprint density at radius 1 is 0.329 bits per heavy atom. The van der Waals surface area contributed by atoms with E-state index in [0.29, 0.717) is 39.6 Å². The van der Waals surface area contributed by atoms with E-state index in [4.69, 9.17) is 36.5 Å². The summed E-state index contributed by atoms with van der Waals surface area (Å²) in [5.41, 5.74) is 2.15. The number of benzene rings is 2. The van der Waals surface area contributed by atoms with Crippen molar-refractivity contribution in [3.05, 3.63) is 58.5 Å². The van der Waals surface area contributed by atoms with Gasteiger partial charge in [0.25, 0.3) is 0 Å². The highest BCUT2D eigenvalue weighted by Gasteiger charge is 2.46. The Bertz CT molecular complexity index is 1780. The average Bonchev–Trinajstić information content (AvgIpc) is 4.36. The monoisotopic (exact) mass is 1240 g/mol. The van der Waals surface area contributed by atoms with Crippen LogP contribution >= 0.6 is 44.3 Å². The summed E-state index contributed by atoms with van der Waals surface area (Å²) in [5, 5.41) is 2.34. The van der Waals surface area contributed by atoms with Gasteiger partial charge in [-0.15, -0.1) is 22.7 Å². The number of rotatable bonds is 59. The minimum atomic E-state index is -3.19. The summed E-state index contributed by atoms with van der Waals surface area (Å²) in [7, 11) is -2.41. The molecular weight excluding hydrogens is 1130 g/mol. The van der Waals surface area contributed by atoms with E-state index < -0.39 is 17.6 Å². The Morgan fingerprint density at radius 2 is 0.561 bits per heavy atom. The van der Waals surface area contributed by atoms with Crippen molar-refractivity contribution in [1.29, 1.82) is 0 Å². The molecule has 2 aromatic carbocycles. The van der Waals surface area contributed by atoms with Crippen LogP contribution in [-0.4, -0.2) is 78.7 Å². The number of hydrogen-bond donors (Lipinski definition) is 0. The third kappa shape index (κ3) is 32.4. The maximum atomic E-state index is 7.24. The number of hydrogen-bond acceptors (Lipinski definition) is 12. The van der Waals surface area contributed by atoms with Crippen molar-refractivity contribution in [1.82, 2.24) is 9.97 Å². The number of unbranched alkanes of at least 4 members (excludes halogenated alkanes) is 30. The summed E-state index contributed by atoms with van der Waals surface area (Å²) in [6, 6.07) is 18.8. The number of fused-ring (bicyclic) bond motifs is 2. The number of thiazole rings is 2. The van der Waals surface area contributed by atoms with Gasteiger partial charge in [-0.25, -0.2) is 9.97 Å². The number of nitrogens with zero attached hydrogens (tertiary/aromatic N) is 2. The van der Waals surface area contributed by atoms with Crippen molar-refractivity contribution >= 4 is 82.3 Å². The first-order valence-electron chi connectivity index (χ1n) is 34.2. The van der Waals surface area contributed by atoms with Gasteiger partial charge >= 0.3 is 17.6 Å². The smallest absolute Gasteiger partial charge is 0.373 e. The van der Waals surface area contributed by atoms with Crippen molar-refractivity contribution in [2.75, 3.05) is 51.1 Å². The maximum Gasteiger partial charge on any atom is 0.501 e. The maximum absolute atomic E-state index is 7.24.